The summed E-state index contributed by atoms with van der Waals surface area (Å²) in [6.45, 7) is 7.50. The molecule has 2 aliphatic rings. The molecule has 1 aliphatic heterocycles. The quantitative estimate of drug-likeness (QED) is 0.353. The Kier molecular flexibility index (Phi) is 10.9. The zero-order chi connectivity index (χ0) is 31.1. The van der Waals surface area contributed by atoms with Crippen molar-refractivity contribution in [1.82, 2.24) is 10.6 Å². The number of carbonyl (C=O) groups excluding carboxylic acids is 2. The molecule has 1 saturated heterocycles. The molecular formula is C33H45N3O7. The van der Waals surface area contributed by atoms with E-state index in [9.17, 15) is 14.4 Å². The summed E-state index contributed by atoms with van der Waals surface area (Å²) >= 11 is 0. The number of amides is 2. The molecule has 0 aromatic heterocycles. The van der Waals surface area contributed by atoms with Gasteiger partial charge in [0.15, 0.2) is 11.5 Å². The molecule has 1 aliphatic carbocycles. The van der Waals surface area contributed by atoms with Crippen molar-refractivity contribution in [2.45, 2.75) is 65.0 Å². The third-order valence-electron chi connectivity index (χ3n) is 8.63. The summed E-state index contributed by atoms with van der Waals surface area (Å²) in [7, 11) is 4.69. The third kappa shape index (κ3) is 7.24. The lowest BCUT2D eigenvalue weighted by Gasteiger charge is -2.26. The van der Waals surface area contributed by atoms with Gasteiger partial charge >= 0.3 is 0 Å². The van der Waals surface area contributed by atoms with Gasteiger partial charge in [0.25, 0.3) is 0 Å². The second-order valence-corrected chi connectivity index (χ2v) is 11.4. The van der Waals surface area contributed by atoms with E-state index < -0.39 is 12.1 Å². The standard InChI is InChI=1S/C33H45N3O7/c1-7-19(2)30(33(39)34-18-21-12-14-43-15-13-21)36-26-11-9-23-24(17-27(26)38)25(35-20(3)37)10-8-22-16-28(40-4)31(41-5)32(42-6)29(22)23/h9,11,16-17,19,21,25,30H,7-8,10,12-15,18H2,1-6H3,(H,34,39)(H,35,37)(H,36,38)/t19-,25+,30+/m1/s1. The molecule has 3 atom stereocenters. The Morgan fingerprint density at radius 1 is 1.02 bits per heavy atom. The lowest BCUT2D eigenvalue weighted by Crippen LogP contribution is -2.46. The molecular weight excluding hydrogens is 550 g/mol. The normalized spacial score (nSPS) is 17.8. The fourth-order valence-corrected chi connectivity index (χ4v) is 6.00. The maximum Gasteiger partial charge on any atom is 0.242 e. The van der Waals surface area contributed by atoms with Crippen molar-refractivity contribution in [2.24, 2.45) is 11.8 Å². The average Bonchev–Trinajstić information content (AvgIpc) is 3.25. The molecule has 10 nitrogen and oxygen atoms in total. The number of aryl methyl sites for hydroxylation is 1. The topological polar surface area (TPSA) is 124 Å². The van der Waals surface area contributed by atoms with Crippen LogP contribution < -0.4 is 35.6 Å². The smallest absolute Gasteiger partial charge is 0.242 e. The van der Waals surface area contributed by atoms with Gasteiger partial charge in [-0.15, -0.1) is 0 Å². The van der Waals surface area contributed by atoms with Crippen molar-refractivity contribution in [3.05, 3.63) is 45.6 Å². The third-order valence-corrected chi connectivity index (χ3v) is 8.63. The zero-order valence-electron chi connectivity index (χ0n) is 26.1. The highest BCUT2D eigenvalue weighted by Gasteiger charge is 2.30. The highest BCUT2D eigenvalue weighted by atomic mass is 16.5. The minimum absolute atomic E-state index is 0.0258. The summed E-state index contributed by atoms with van der Waals surface area (Å²) in [5, 5.41) is 9.42. The van der Waals surface area contributed by atoms with E-state index in [4.69, 9.17) is 18.9 Å². The molecule has 0 saturated carbocycles. The molecule has 1 fully saturated rings. The molecule has 2 amide bonds. The summed E-state index contributed by atoms with van der Waals surface area (Å²) in [5.41, 5.74) is 3.16. The lowest BCUT2D eigenvalue weighted by molar-refractivity contribution is -0.123. The first-order valence-corrected chi connectivity index (χ1v) is 15.1. The zero-order valence-corrected chi connectivity index (χ0v) is 26.1. The average molecular weight is 596 g/mol. The van der Waals surface area contributed by atoms with Gasteiger partial charge in [0, 0.05) is 32.2 Å². The number of benzene rings is 1. The number of methoxy groups -OCH3 is 3. The molecule has 3 N–H and O–H groups in total. The highest BCUT2D eigenvalue weighted by Crippen LogP contribution is 2.50. The number of nitrogens with one attached hydrogen (secondary N) is 3. The fourth-order valence-electron chi connectivity index (χ4n) is 6.00. The van der Waals surface area contributed by atoms with Crippen molar-refractivity contribution in [3.63, 3.8) is 0 Å². The van der Waals surface area contributed by atoms with Gasteiger partial charge in [-0.05, 0) is 72.4 Å². The number of carbonyl (C=O) groups is 2. The molecule has 0 bridgehead atoms. The number of hydrogen-bond donors (Lipinski definition) is 3. The predicted octanol–water partition coefficient (Wildman–Crippen LogP) is 4.23. The minimum atomic E-state index is -0.600. The molecule has 0 spiro atoms. The van der Waals surface area contributed by atoms with E-state index in [0.29, 0.717) is 67.0 Å². The van der Waals surface area contributed by atoms with Crippen LogP contribution in [0.3, 0.4) is 0 Å². The van der Waals surface area contributed by atoms with Crippen molar-refractivity contribution in [1.29, 1.82) is 0 Å². The van der Waals surface area contributed by atoms with E-state index in [1.54, 1.807) is 33.5 Å². The van der Waals surface area contributed by atoms with Gasteiger partial charge < -0.3 is 34.9 Å². The Hall–Kier alpha value is -3.79. The van der Waals surface area contributed by atoms with Crippen LogP contribution in [-0.4, -0.2) is 58.9 Å². The van der Waals surface area contributed by atoms with E-state index in [0.717, 1.165) is 36.0 Å². The van der Waals surface area contributed by atoms with Gasteiger partial charge in [0.1, 0.15) is 6.04 Å². The van der Waals surface area contributed by atoms with Crippen LogP contribution in [0.25, 0.3) is 11.1 Å². The van der Waals surface area contributed by atoms with Crippen LogP contribution >= 0.6 is 0 Å². The fraction of sp³-hybridized carbons (Fsp3) is 0.545. The Balaban J connectivity index is 1.79. The maximum atomic E-state index is 13.8. The molecule has 0 unspecified atom stereocenters. The first-order chi connectivity index (χ1) is 20.7. The van der Waals surface area contributed by atoms with Crippen LogP contribution in [0.15, 0.2) is 29.1 Å². The van der Waals surface area contributed by atoms with Gasteiger partial charge in [0.05, 0.1) is 33.1 Å². The molecule has 1 heterocycles. The van der Waals surface area contributed by atoms with Crippen LogP contribution in [0.2, 0.25) is 0 Å². The monoisotopic (exact) mass is 595 g/mol. The predicted molar refractivity (Wildman–Crippen MR) is 166 cm³/mol. The number of fused-ring (bicyclic) bond motifs is 3. The molecule has 10 heteroatoms. The van der Waals surface area contributed by atoms with E-state index in [1.807, 2.05) is 26.0 Å². The van der Waals surface area contributed by atoms with Crippen LogP contribution in [0.1, 0.15) is 63.6 Å². The molecule has 43 heavy (non-hydrogen) atoms. The van der Waals surface area contributed by atoms with E-state index in [1.165, 1.54) is 6.92 Å². The van der Waals surface area contributed by atoms with E-state index in [-0.39, 0.29) is 23.2 Å². The number of anilines is 1. The Morgan fingerprint density at radius 2 is 1.74 bits per heavy atom. The van der Waals surface area contributed by atoms with E-state index in [2.05, 4.69) is 16.0 Å². The summed E-state index contributed by atoms with van der Waals surface area (Å²) in [5.74, 6) is 1.49. The van der Waals surface area contributed by atoms with E-state index >= 15 is 0 Å². The molecule has 4 rings (SSSR count). The molecule has 0 radical (unpaired) electrons. The van der Waals surface area contributed by atoms with Crippen LogP contribution in [0.4, 0.5) is 5.69 Å². The Morgan fingerprint density at radius 3 is 2.37 bits per heavy atom. The van der Waals surface area contributed by atoms with Gasteiger partial charge in [-0.2, -0.15) is 0 Å². The molecule has 2 aromatic carbocycles. The van der Waals surface area contributed by atoms with Crippen LogP contribution in [0.5, 0.6) is 17.2 Å². The SMILES string of the molecule is CC[C@@H](C)[C@H](Nc1ccc2c(cc1=O)[C@@H](NC(C)=O)CCc1cc(OC)c(OC)c(OC)c1-2)C(=O)NCC1CCOCC1. The minimum Gasteiger partial charge on any atom is -0.493 e. The summed E-state index contributed by atoms with van der Waals surface area (Å²) < 4.78 is 22.6. The van der Waals surface area contributed by atoms with Crippen molar-refractivity contribution in [3.8, 4) is 28.4 Å². The molecule has 234 valence electrons. The maximum absolute atomic E-state index is 13.8. The largest absolute Gasteiger partial charge is 0.493 e. The lowest BCUT2D eigenvalue weighted by atomic mass is 9.95. The van der Waals surface area contributed by atoms with Crippen molar-refractivity contribution >= 4 is 17.5 Å². The number of rotatable bonds is 11. The number of ether oxygens (including phenoxy) is 4. The molecule has 2 aromatic rings. The number of hydrogen-bond acceptors (Lipinski definition) is 8. The van der Waals surface area contributed by atoms with Crippen molar-refractivity contribution in [2.75, 3.05) is 46.4 Å². The van der Waals surface area contributed by atoms with Crippen LogP contribution in [0, 0.1) is 11.8 Å². The highest BCUT2D eigenvalue weighted by molar-refractivity contribution is 5.86. The second kappa shape index (κ2) is 14.6. The summed E-state index contributed by atoms with van der Waals surface area (Å²) in [4.78, 5) is 39.5. The van der Waals surface area contributed by atoms with Gasteiger partial charge in [-0.25, -0.2) is 0 Å². The Labute approximate surface area is 253 Å². The first-order valence-electron chi connectivity index (χ1n) is 15.1. The first kappa shape index (κ1) is 32.1. The second-order valence-electron chi connectivity index (χ2n) is 11.4. The van der Waals surface area contributed by atoms with Gasteiger partial charge in [-0.1, -0.05) is 26.3 Å². The van der Waals surface area contributed by atoms with Crippen LogP contribution in [-0.2, 0) is 20.7 Å². The summed E-state index contributed by atoms with van der Waals surface area (Å²) in [6.07, 6.45) is 3.77. The van der Waals surface area contributed by atoms with Gasteiger partial charge in [0.2, 0.25) is 23.0 Å². The van der Waals surface area contributed by atoms with Crippen molar-refractivity contribution < 1.29 is 28.5 Å². The van der Waals surface area contributed by atoms with Gasteiger partial charge in [-0.3, -0.25) is 14.4 Å². The Bertz CT molecular complexity index is 1370. The summed E-state index contributed by atoms with van der Waals surface area (Å²) in [6, 6.07) is 6.05.